The third-order valence-electron chi connectivity index (χ3n) is 4.96. The van der Waals surface area contributed by atoms with Crippen LogP contribution >= 0.6 is 22.1 Å². The minimum Gasteiger partial charge on any atom is -0.505 e. The van der Waals surface area contributed by atoms with Gasteiger partial charge >= 0.3 is 0 Å². The summed E-state index contributed by atoms with van der Waals surface area (Å²) in [6.07, 6.45) is 1.43. The second-order valence-corrected chi connectivity index (χ2v) is 9.61. The van der Waals surface area contributed by atoms with Gasteiger partial charge in [-0.3, -0.25) is 13.9 Å². The van der Waals surface area contributed by atoms with Crippen LogP contribution in [0.5, 0.6) is 5.75 Å². The molecule has 9 nitrogen and oxygen atoms in total. The van der Waals surface area contributed by atoms with Gasteiger partial charge in [0.05, 0.1) is 33.8 Å². The summed E-state index contributed by atoms with van der Waals surface area (Å²) in [4.78, 5) is 13.6. The summed E-state index contributed by atoms with van der Waals surface area (Å²) in [7, 11) is -3.59. The van der Waals surface area contributed by atoms with Crippen molar-refractivity contribution in [1.29, 1.82) is 5.26 Å². The zero-order valence-electron chi connectivity index (χ0n) is 16.7. The number of aromatic nitrogens is 1. The SMILES string of the molecule is N#Cc1cccc(C=Nn2c(=O)c(C3=NS(O)(O)c4ccccc4N3)c(O)c3sccc32)c1. The lowest BCUT2D eigenvalue weighted by molar-refractivity contribution is 0.479. The van der Waals surface area contributed by atoms with Crippen molar-refractivity contribution in [2.75, 3.05) is 5.32 Å². The topological polar surface area (TPSA) is 143 Å². The molecule has 1 aliphatic heterocycles. The fourth-order valence-corrected chi connectivity index (χ4v) is 5.45. The second-order valence-electron chi connectivity index (χ2n) is 7.04. The molecule has 164 valence electrons. The molecule has 0 amide bonds. The van der Waals surface area contributed by atoms with E-state index in [0.717, 1.165) is 4.68 Å². The Morgan fingerprint density at radius 3 is 2.82 bits per heavy atom. The molecule has 2 aromatic carbocycles. The normalized spacial score (nSPS) is 15.5. The number of para-hydroxylation sites is 1. The molecule has 0 bridgehead atoms. The number of anilines is 1. The summed E-state index contributed by atoms with van der Waals surface area (Å²) in [5.74, 6) is -0.495. The Morgan fingerprint density at radius 2 is 2.00 bits per heavy atom. The Kier molecular flexibility index (Phi) is 4.99. The van der Waals surface area contributed by atoms with Gasteiger partial charge in [-0.1, -0.05) is 35.0 Å². The smallest absolute Gasteiger partial charge is 0.286 e. The third-order valence-corrected chi connectivity index (χ3v) is 7.25. The van der Waals surface area contributed by atoms with E-state index in [0.29, 0.717) is 27.0 Å². The highest BCUT2D eigenvalue weighted by Gasteiger charge is 2.30. The van der Waals surface area contributed by atoms with Crippen molar-refractivity contribution in [3.8, 4) is 11.8 Å². The number of pyridine rings is 1. The molecule has 4 N–H and O–H groups in total. The van der Waals surface area contributed by atoms with Crippen LogP contribution in [-0.4, -0.2) is 30.9 Å². The minimum atomic E-state index is -3.59. The molecule has 33 heavy (non-hydrogen) atoms. The van der Waals surface area contributed by atoms with Gasteiger partial charge in [-0.2, -0.15) is 15.0 Å². The molecule has 5 rings (SSSR count). The highest BCUT2D eigenvalue weighted by Crippen LogP contribution is 2.55. The van der Waals surface area contributed by atoms with Crippen LogP contribution in [0.25, 0.3) is 10.2 Å². The standard InChI is InChI=1S/C22H15N5O4S2/c23-11-13-4-3-5-14(10-13)12-24-27-16-8-9-32-20(16)19(28)18(22(27)29)21-25-15-6-1-2-7-17(15)33(30,31)26-21/h1-10,12,28,30-31H,(H,25,26). The van der Waals surface area contributed by atoms with Crippen molar-refractivity contribution in [1.82, 2.24) is 4.68 Å². The van der Waals surface area contributed by atoms with Gasteiger partial charge < -0.3 is 10.4 Å². The molecule has 3 heterocycles. The predicted octanol–water partition coefficient (Wildman–Crippen LogP) is 4.42. The van der Waals surface area contributed by atoms with Crippen LogP contribution in [-0.2, 0) is 0 Å². The number of nitrogens with zero attached hydrogens (tertiary/aromatic N) is 4. The maximum absolute atomic E-state index is 13.4. The second kappa shape index (κ2) is 7.88. The first-order valence-corrected chi connectivity index (χ1v) is 11.9. The van der Waals surface area contributed by atoms with Crippen LogP contribution in [0, 0.1) is 11.3 Å². The molecule has 0 unspecified atom stereocenters. The Morgan fingerprint density at radius 1 is 1.18 bits per heavy atom. The number of rotatable bonds is 3. The quantitative estimate of drug-likeness (QED) is 0.322. The lowest BCUT2D eigenvalue weighted by Gasteiger charge is -2.34. The maximum Gasteiger partial charge on any atom is 0.286 e. The van der Waals surface area contributed by atoms with E-state index in [2.05, 4.69) is 14.8 Å². The molecule has 2 aromatic heterocycles. The van der Waals surface area contributed by atoms with Gasteiger partial charge in [0.25, 0.3) is 5.56 Å². The van der Waals surface area contributed by atoms with Crippen LogP contribution in [0.15, 0.2) is 79.2 Å². The fourth-order valence-electron chi connectivity index (χ4n) is 3.46. The Labute approximate surface area is 192 Å². The van der Waals surface area contributed by atoms with Crippen LogP contribution in [0.2, 0.25) is 0 Å². The number of thiophene rings is 1. The number of nitriles is 1. The average Bonchev–Trinajstić information content (AvgIpc) is 3.29. The van der Waals surface area contributed by atoms with Gasteiger partial charge in [0.15, 0.2) is 11.6 Å². The molecular formula is C22H15N5O4S2. The zero-order chi connectivity index (χ0) is 23.2. The molecule has 0 atom stereocenters. The van der Waals surface area contributed by atoms with Crippen molar-refractivity contribution in [2.24, 2.45) is 9.50 Å². The molecule has 0 fully saturated rings. The Bertz CT molecular complexity index is 1580. The van der Waals surface area contributed by atoms with Gasteiger partial charge in [0, 0.05) is 0 Å². The molecule has 1 aliphatic rings. The molecule has 11 heteroatoms. The van der Waals surface area contributed by atoms with Gasteiger partial charge in [0.1, 0.15) is 10.5 Å². The number of nitrogens with one attached hydrogen (secondary N) is 1. The van der Waals surface area contributed by atoms with Crippen LogP contribution in [0.3, 0.4) is 0 Å². The zero-order valence-corrected chi connectivity index (χ0v) is 18.3. The number of benzene rings is 2. The molecule has 0 saturated carbocycles. The van der Waals surface area contributed by atoms with Crippen LogP contribution in [0.1, 0.15) is 16.7 Å². The molecule has 0 spiro atoms. The van der Waals surface area contributed by atoms with E-state index >= 15 is 0 Å². The van der Waals surface area contributed by atoms with E-state index in [1.807, 2.05) is 6.07 Å². The van der Waals surface area contributed by atoms with Crippen molar-refractivity contribution in [2.45, 2.75) is 4.90 Å². The predicted molar refractivity (Wildman–Crippen MR) is 130 cm³/mol. The first kappa shape index (κ1) is 20.9. The summed E-state index contributed by atoms with van der Waals surface area (Å²) in [6, 6.07) is 16.9. The molecule has 0 radical (unpaired) electrons. The van der Waals surface area contributed by atoms with Gasteiger partial charge in [-0.25, -0.2) is 0 Å². The van der Waals surface area contributed by atoms with E-state index in [1.54, 1.807) is 53.9 Å². The maximum atomic E-state index is 13.4. The molecule has 4 aromatic rings. The van der Waals surface area contributed by atoms with E-state index in [1.165, 1.54) is 23.6 Å². The van der Waals surface area contributed by atoms with E-state index in [9.17, 15) is 19.0 Å². The number of amidine groups is 1. The fraction of sp³-hybridized carbons (Fsp3) is 0. The number of hydrogen-bond acceptors (Lipinski definition) is 9. The van der Waals surface area contributed by atoms with Crippen LogP contribution in [0.4, 0.5) is 5.69 Å². The van der Waals surface area contributed by atoms with Crippen LogP contribution < -0.4 is 10.9 Å². The highest BCUT2D eigenvalue weighted by atomic mass is 32.3. The monoisotopic (exact) mass is 477 g/mol. The molecule has 0 saturated heterocycles. The lowest BCUT2D eigenvalue weighted by atomic mass is 10.1. The largest absolute Gasteiger partial charge is 0.505 e. The lowest BCUT2D eigenvalue weighted by Crippen LogP contribution is -2.30. The average molecular weight is 478 g/mol. The van der Waals surface area contributed by atoms with Crippen molar-refractivity contribution >= 4 is 50.1 Å². The van der Waals surface area contributed by atoms with E-state index in [-0.39, 0.29) is 22.0 Å². The summed E-state index contributed by atoms with van der Waals surface area (Å²) >= 11 is 1.20. The van der Waals surface area contributed by atoms with Gasteiger partial charge in [0.2, 0.25) is 0 Å². The Hall–Kier alpha value is -3.95. The van der Waals surface area contributed by atoms with Gasteiger partial charge in [-0.15, -0.1) is 15.7 Å². The third kappa shape index (κ3) is 3.57. The van der Waals surface area contributed by atoms with Gasteiger partial charge in [-0.05, 0) is 41.3 Å². The highest BCUT2D eigenvalue weighted by molar-refractivity contribution is 8.23. The van der Waals surface area contributed by atoms with Crippen molar-refractivity contribution in [3.63, 3.8) is 0 Å². The molecular weight excluding hydrogens is 462 g/mol. The number of aromatic hydroxyl groups is 1. The van der Waals surface area contributed by atoms with E-state index in [4.69, 9.17) is 5.26 Å². The first-order chi connectivity index (χ1) is 15.9. The number of hydrogen-bond donors (Lipinski definition) is 4. The Balaban J connectivity index is 1.69. The summed E-state index contributed by atoms with van der Waals surface area (Å²) in [6.45, 7) is 0. The first-order valence-electron chi connectivity index (χ1n) is 9.53. The molecule has 0 aliphatic carbocycles. The van der Waals surface area contributed by atoms with Crippen molar-refractivity contribution in [3.05, 3.63) is 87.0 Å². The summed E-state index contributed by atoms with van der Waals surface area (Å²) < 4.78 is 26.6. The summed E-state index contributed by atoms with van der Waals surface area (Å²) in [5, 5.41) is 28.9. The summed E-state index contributed by atoms with van der Waals surface area (Å²) in [5.41, 5.74) is 0.866. The van der Waals surface area contributed by atoms with E-state index < -0.39 is 16.3 Å². The van der Waals surface area contributed by atoms with Crippen molar-refractivity contribution < 1.29 is 14.2 Å². The minimum absolute atomic E-state index is 0.165. The number of fused-ring (bicyclic) bond motifs is 2.